The SMILES string of the molecule is CCNC1C=C(C)NC(N)=N1. The number of rotatable bonds is 2. The Bertz CT molecular complexity index is 177. The van der Waals surface area contributed by atoms with Gasteiger partial charge >= 0.3 is 0 Å². The van der Waals surface area contributed by atoms with Crippen LogP contribution in [0.5, 0.6) is 0 Å². The quantitative estimate of drug-likeness (QED) is 0.513. The van der Waals surface area contributed by atoms with Crippen molar-refractivity contribution >= 4 is 5.96 Å². The summed E-state index contributed by atoms with van der Waals surface area (Å²) in [6, 6.07) is 0. The van der Waals surface area contributed by atoms with Crippen molar-refractivity contribution in [3.05, 3.63) is 11.8 Å². The zero-order valence-corrected chi connectivity index (χ0v) is 6.89. The molecule has 0 bridgehead atoms. The Hall–Kier alpha value is -1.03. The van der Waals surface area contributed by atoms with E-state index in [4.69, 9.17) is 5.73 Å². The third-order valence-electron chi connectivity index (χ3n) is 1.42. The summed E-state index contributed by atoms with van der Waals surface area (Å²) in [6.07, 6.45) is 2.04. The van der Waals surface area contributed by atoms with Gasteiger partial charge in [-0.05, 0) is 19.5 Å². The van der Waals surface area contributed by atoms with Gasteiger partial charge in [-0.25, -0.2) is 4.99 Å². The molecule has 1 aliphatic heterocycles. The molecule has 4 N–H and O–H groups in total. The Balaban J connectivity index is 2.58. The average Bonchev–Trinajstić information content (AvgIpc) is 1.85. The monoisotopic (exact) mass is 154 g/mol. The number of hydrogen-bond donors (Lipinski definition) is 3. The summed E-state index contributed by atoms with van der Waals surface area (Å²) in [6.45, 7) is 4.90. The van der Waals surface area contributed by atoms with E-state index in [0.717, 1.165) is 12.2 Å². The molecule has 0 aromatic heterocycles. The minimum atomic E-state index is 0.0428. The summed E-state index contributed by atoms with van der Waals surface area (Å²) >= 11 is 0. The molecule has 0 saturated heterocycles. The number of hydrogen-bond acceptors (Lipinski definition) is 4. The van der Waals surface area contributed by atoms with Gasteiger partial charge in [0.2, 0.25) is 0 Å². The molecule has 4 heteroatoms. The number of likely N-dealkylation sites (N-methyl/N-ethyl adjacent to an activating group) is 1. The van der Waals surface area contributed by atoms with Gasteiger partial charge in [0.1, 0.15) is 6.17 Å². The Morgan fingerprint density at radius 2 is 2.55 bits per heavy atom. The van der Waals surface area contributed by atoms with E-state index in [1.165, 1.54) is 0 Å². The first-order valence-electron chi connectivity index (χ1n) is 3.74. The average molecular weight is 154 g/mol. The van der Waals surface area contributed by atoms with Crippen molar-refractivity contribution in [3.63, 3.8) is 0 Å². The summed E-state index contributed by atoms with van der Waals surface area (Å²) < 4.78 is 0. The predicted octanol–water partition coefficient (Wildman–Crippen LogP) is -0.256. The third-order valence-corrected chi connectivity index (χ3v) is 1.42. The van der Waals surface area contributed by atoms with Gasteiger partial charge in [0.05, 0.1) is 0 Å². The molecule has 0 amide bonds. The van der Waals surface area contributed by atoms with Crippen LogP contribution in [0.4, 0.5) is 0 Å². The molecular formula is C7H14N4. The highest BCUT2D eigenvalue weighted by atomic mass is 15.2. The standard InChI is InChI=1S/C7H14N4/c1-3-9-6-4-5(2)10-7(8)11-6/h4,6,9H,3H2,1-2H3,(H3,8,10,11). The van der Waals surface area contributed by atoms with Crippen LogP contribution in [-0.2, 0) is 0 Å². The summed E-state index contributed by atoms with van der Waals surface area (Å²) in [4.78, 5) is 4.12. The van der Waals surface area contributed by atoms with Crippen LogP contribution in [0.2, 0.25) is 0 Å². The first-order valence-corrected chi connectivity index (χ1v) is 3.74. The smallest absolute Gasteiger partial charge is 0.194 e. The number of allylic oxidation sites excluding steroid dienone is 1. The van der Waals surface area contributed by atoms with Crippen molar-refractivity contribution in [1.29, 1.82) is 0 Å². The van der Waals surface area contributed by atoms with Gasteiger partial charge in [0.15, 0.2) is 5.96 Å². The number of guanidine groups is 1. The maximum atomic E-state index is 5.50. The molecule has 1 aliphatic rings. The molecule has 1 heterocycles. The van der Waals surface area contributed by atoms with E-state index in [9.17, 15) is 0 Å². The van der Waals surface area contributed by atoms with Gasteiger partial charge in [-0.1, -0.05) is 6.92 Å². The first kappa shape index (κ1) is 8.07. The van der Waals surface area contributed by atoms with Crippen molar-refractivity contribution in [2.75, 3.05) is 6.54 Å². The van der Waals surface area contributed by atoms with Crippen LogP contribution in [0.1, 0.15) is 13.8 Å². The van der Waals surface area contributed by atoms with Crippen LogP contribution in [0.3, 0.4) is 0 Å². The molecule has 4 nitrogen and oxygen atoms in total. The number of nitrogens with one attached hydrogen (secondary N) is 2. The zero-order chi connectivity index (χ0) is 8.27. The van der Waals surface area contributed by atoms with Gasteiger partial charge in [0, 0.05) is 5.70 Å². The van der Waals surface area contributed by atoms with Crippen LogP contribution >= 0.6 is 0 Å². The molecule has 0 spiro atoms. The van der Waals surface area contributed by atoms with Crippen LogP contribution in [-0.4, -0.2) is 18.7 Å². The highest BCUT2D eigenvalue weighted by Gasteiger charge is 2.07. The van der Waals surface area contributed by atoms with Crippen molar-refractivity contribution in [2.45, 2.75) is 20.0 Å². The van der Waals surface area contributed by atoms with Crippen molar-refractivity contribution in [1.82, 2.24) is 10.6 Å². The molecule has 0 aromatic rings. The van der Waals surface area contributed by atoms with Crippen LogP contribution in [0, 0.1) is 0 Å². The number of nitrogens with zero attached hydrogens (tertiary/aromatic N) is 1. The Kier molecular flexibility index (Phi) is 2.48. The fourth-order valence-corrected chi connectivity index (χ4v) is 1.01. The molecule has 0 saturated carbocycles. The van der Waals surface area contributed by atoms with Crippen molar-refractivity contribution in [2.24, 2.45) is 10.7 Å². The Labute approximate surface area is 66.6 Å². The maximum absolute atomic E-state index is 5.50. The molecule has 0 radical (unpaired) electrons. The zero-order valence-electron chi connectivity index (χ0n) is 6.89. The van der Waals surface area contributed by atoms with Gasteiger partial charge in [0.25, 0.3) is 0 Å². The minimum absolute atomic E-state index is 0.0428. The second-order valence-corrected chi connectivity index (χ2v) is 2.49. The maximum Gasteiger partial charge on any atom is 0.194 e. The van der Waals surface area contributed by atoms with Gasteiger partial charge in [-0.2, -0.15) is 0 Å². The molecule has 1 rings (SSSR count). The molecule has 0 aliphatic carbocycles. The van der Waals surface area contributed by atoms with E-state index >= 15 is 0 Å². The molecule has 1 atom stereocenters. The fourth-order valence-electron chi connectivity index (χ4n) is 1.01. The largest absolute Gasteiger partial charge is 0.370 e. The first-order chi connectivity index (χ1) is 5.22. The topological polar surface area (TPSA) is 62.4 Å². The highest BCUT2D eigenvalue weighted by Crippen LogP contribution is 1.99. The van der Waals surface area contributed by atoms with Gasteiger partial charge in [-0.15, -0.1) is 0 Å². The molecule has 62 valence electrons. The van der Waals surface area contributed by atoms with Crippen molar-refractivity contribution < 1.29 is 0 Å². The highest BCUT2D eigenvalue weighted by molar-refractivity contribution is 5.80. The van der Waals surface area contributed by atoms with E-state index in [0.29, 0.717) is 5.96 Å². The van der Waals surface area contributed by atoms with E-state index < -0.39 is 0 Å². The number of nitrogens with two attached hydrogens (primary N) is 1. The fraction of sp³-hybridized carbons (Fsp3) is 0.571. The Morgan fingerprint density at radius 1 is 1.82 bits per heavy atom. The van der Waals surface area contributed by atoms with Gasteiger partial charge in [-0.3, -0.25) is 5.32 Å². The molecule has 1 unspecified atom stereocenters. The number of aliphatic imine (C=N–C) groups is 1. The predicted molar refractivity (Wildman–Crippen MR) is 46.0 cm³/mol. The van der Waals surface area contributed by atoms with Crippen LogP contribution < -0.4 is 16.4 Å². The Morgan fingerprint density at radius 3 is 3.09 bits per heavy atom. The van der Waals surface area contributed by atoms with E-state index in [1.807, 2.05) is 19.9 Å². The minimum Gasteiger partial charge on any atom is -0.370 e. The van der Waals surface area contributed by atoms with Crippen LogP contribution in [0.25, 0.3) is 0 Å². The summed E-state index contributed by atoms with van der Waals surface area (Å²) in [5, 5.41) is 6.08. The normalized spacial score (nSPS) is 23.6. The summed E-state index contributed by atoms with van der Waals surface area (Å²) in [5.41, 5.74) is 6.55. The molecular weight excluding hydrogens is 140 g/mol. The second kappa shape index (κ2) is 3.39. The molecule has 0 fully saturated rings. The van der Waals surface area contributed by atoms with Gasteiger partial charge < -0.3 is 11.1 Å². The van der Waals surface area contributed by atoms with E-state index in [1.54, 1.807) is 0 Å². The van der Waals surface area contributed by atoms with Crippen LogP contribution in [0.15, 0.2) is 16.8 Å². The summed E-state index contributed by atoms with van der Waals surface area (Å²) in [7, 11) is 0. The third kappa shape index (κ3) is 2.23. The molecule has 0 aromatic carbocycles. The lowest BCUT2D eigenvalue weighted by Crippen LogP contribution is -2.39. The molecule has 11 heavy (non-hydrogen) atoms. The van der Waals surface area contributed by atoms with Crippen molar-refractivity contribution in [3.8, 4) is 0 Å². The van der Waals surface area contributed by atoms with E-state index in [2.05, 4.69) is 15.6 Å². The summed E-state index contributed by atoms with van der Waals surface area (Å²) in [5.74, 6) is 0.482. The van der Waals surface area contributed by atoms with E-state index in [-0.39, 0.29) is 6.17 Å². The lowest BCUT2D eigenvalue weighted by atomic mass is 10.3. The lowest BCUT2D eigenvalue weighted by Gasteiger charge is -2.17. The lowest BCUT2D eigenvalue weighted by molar-refractivity contribution is 0.622. The second-order valence-electron chi connectivity index (χ2n) is 2.49.